The van der Waals surface area contributed by atoms with Gasteiger partial charge in [-0.2, -0.15) is 0 Å². The van der Waals surface area contributed by atoms with Crippen molar-refractivity contribution in [2.24, 2.45) is 0 Å². The highest BCUT2D eigenvalue weighted by Crippen LogP contribution is 2.44. The molecule has 10 nitrogen and oxygen atoms in total. The van der Waals surface area contributed by atoms with E-state index in [0.717, 1.165) is 35.2 Å². The van der Waals surface area contributed by atoms with E-state index in [2.05, 4.69) is 16.0 Å². The van der Waals surface area contributed by atoms with Gasteiger partial charge in [-0.1, -0.05) is 48.5 Å². The molecular weight excluding hydrogens is 538 g/mol. The maximum Gasteiger partial charge on any atom is 0.407 e. The lowest BCUT2D eigenvalue weighted by Gasteiger charge is -2.25. The average Bonchev–Trinajstić information content (AvgIpc) is 3.28. The van der Waals surface area contributed by atoms with Crippen molar-refractivity contribution in [2.75, 3.05) is 27.3 Å². The summed E-state index contributed by atoms with van der Waals surface area (Å²) >= 11 is 0. The molecule has 3 N–H and O–H groups in total. The van der Waals surface area contributed by atoms with Gasteiger partial charge in [0.25, 0.3) is 0 Å². The van der Waals surface area contributed by atoms with E-state index < -0.39 is 41.6 Å². The summed E-state index contributed by atoms with van der Waals surface area (Å²) in [6.07, 6.45) is 1.02. The normalized spacial score (nSPS) is 13.7. The number of rotatable bonds is 14. The minimum atomic E-state index is -1.13. The number of hydrogen-bond acceptors (Lipinski definition) is 8. The Balaban J connectivity index is 1.62. The predicted molar refractivity (Wildman–Crippen MR) is 159 cm³/mol. The van der Waals surface area contributed by atoms with Crippen LogP contribution < -0.4 is 16.0 Å². The van der Waals surface area contributed by atoms with Crippen LogP contribution in [-0.2, 0) is 28.6 Å². The maximum atomic E-state index is 13.0. The number of benzene rings is 2. The predicted octanol–water partition coefficient (Wildman–Crippen LogP) is 4.06. The fourth-order valence-electron chi connectivity index (χ4n) is 4.99. The van der Waals surface area contributed by atoms with Crippen molar-refractivity contribution in [3.05, 3.63) is 59.7 Å². The zero-order valence-electron chi connectivity index (χ0n) is 25.2. The Hall–Kier alpha value is -3.92. The number of carbonyl (C=O) groups is 4. The second-order valence-corrected chi connectivity index (χ2v) is 11.3. The zero-order chi connectivity index (χ0) is 30.7. The van der Waals surface area contributed by atoms with E-state index in [0.29, 0.717) is 12.8 Å². The van der Waals surface area contributed by atoms with Crippen LogP contribution in [0.25, 0.3) is 11.1 Å². The first-order valence-electron chi connectivity index (χ1n) is 14.4. The van der Waals surface area contributed by atoms with Gasteiger partial charge in [0.1, 0.15) is 24.3 Å². The molecule has 2 amide bonds. The maximum absolute atomic E-state index is 13.0. The van der Waals surface area contributed by atoms with E-state index >= 15 is 0 Å². The van der Waals surface area contributed by atoms with Gasteiger partial charge in [-0.15, -0.1) is 0 Å². The number of carbonyl (C=O) groups excluding carboxylic acids is 4. The monoisotopic (exact) mass is 581 g/mol. The van der Waals surface area contributed by atoms with Crippen molar-refractivity contribution in [1.29, 1.82) is 0 Å². The third-order valence-electron chi connectivity index (χ3n) is 6.98. The zero-order valence-corrected chi connectivity index (χ0v) is 25.2. The summed E-state index contributed by atoms with van der Waals surface area (Å²) in [6, 6.07) is 14.1. The van der Waals surface area contributed by atoms with Crippen LogP contribution in [0.5, 0.6) is 0 Å². The highest BCUT2D eigenvalue weighted by molar-refractivity contribution is 5.86. The molecule has 2 aromatic carbocycles. The fraction of sp³-hybridized carbons (Fsp3) is 0.500. The van der Waals surface area contributed by atoms with Gasteiger partial charge in [-0.3, -0.25) is 4.79 Å². The molecule has 0 saturated carbocycles. The number of methoxy groups -OCH3 is 1. The summed E-state index contributed by atoms with van der Waals surface area (Å²) in [6.45, 7) is 6.03. The van der Waals surface area contributed by atoms with Crippen molar-refractivity contribution in [1.82, 2.24) is 16.0 Å². The Morgan fingerprint density at radius 2 is 1.43 bits per heavy atom. The Kier molecular flexibility index (Phi) is 11.9. The molecule has 2 unspecified atom stereocenters. The third-order valence-corrected chi connectivity index (χ3v) is 6.98. The standard InChI is InChI=1S/C32H43N3O7/c1-32(2,3)42-30(38)27(17-18-28(36)34-26(29(37)40-5)16-10-11-19-33-4)35-31(39)41-20-25-23-14-8-6-12-21(23)22-13-7-9-15-24(22)25/h6-9,12-15,25-27,33H,10-11,16-20H2,1-5H3,(H,34,36)(H,35,39). The molecule has 10 heteroatoms. The van der Waals surface area contributed by atoms with Crippen molar-refractivity contribution in [2.45, 2.75) is 76.5 Å². The van der Waals surface area contributed by atoms with Crippen molar-refractivity contribution >= 4 is 23.9 Å². The van der Waals surface area contributed by atoms with Gasteiger partial charge < -0.3 is 30.2 Å². The van der Waals surface area contributed by atoms with Crippen LogP contribution in [0.4, 0.5) is 4.79 Å². The van der Waals surface area contributed by atoms with Crippen LogP contribution in [0.2, 0.25) is 0 Å². The van der Waals surface area contributed by atoms with E-state index in [-0.39, 0.29) is 25.4 Å². The van der Waals surface area contributed by atoms with Crippen LogP contribution in [0, 0.1) is 0 Å². The molecule has 0 aromatic heterocycles. The van der Waals surface area contributed by atoms with Crippen LogP contribution in [-0.4, -0.2) is 68.9 Å². The first-order valence-corrected chi connectivity index (χ1v) is 14.4. The van der Waals surface area contributed by atoms with Gasteiger partial charge >= 0.3 is 18.0 Å². The summed E-state index contributed by atoms with van der Waals surface area (Å²) in [5, 5.41) is 8.32. The van der Waals surface area contributed by atoms with Crippen LogP contribution in [0.3, 0.4) is 0 Å². The number of esters is 2. The molecule has 2 aromatic rings. The van der Waals surface area contributed by atoms with E-state index in [4.69, 9.17) is 14.2 Å². The highest BCUT2D eigenvalue weighted by Gasteiger charge is 2.31. The highest BCUT2D eigenvalue weighted by atomic mass is 16.6. The molecule has 0 saturated heterocycles. The Morgan fingerprint density at radius 3 is 2.00 bits per heavy atom. The second kappa shape index (κ2) is 15.3. The van der Waals surface area contributed by atoms with Crippen molar-refractivity contribution < 1.29 is 33.4 Å². The molecule has 42 heavy (non-hydrogen) atoms. The van der Waals surface area contributed by atoms with Crippen molar-refractivity contribution in [3.63, 3.8) is 0 Å². The largest absolute Gasteiger partial charge is 0.467 e. The molecule has 2 atom stereocenters. The van der Waals surface area contributed by atoms with Gasteiger partial charge in [0.05, 0.1) is 7.11 Å². The summed E-state index contributed by atoms with van der Waals surface area (Å²) in [4.78, 5) is 50.8. The molecule has 0 heterocycles. The van der Waals surface area contributed by atoms with Crippen LogP contribution >= 0.6 is 0 Å². The molecule has 0 aliphatic heterocycles. The van der Waals surface area contributed by atoms with Gasteiger partial charge in [-0.25, -0.2) is 14.4 Å². The smallest absolute Gasteiger partial charge is 0.407 e. The molecule has 0 fully saturated rings. The first-order chi connectivity index (χ1) is 20.0. The lowest BCUT2D eigenvalue weighted by molar-refractivity contribution is -0.157. The van der Waals surface area contributed by atoms with E-state index in [1.807, 2.05) is 55.6 Å². The molecule has 1 aliphatic carbocycles. The van der Waals surface area contributed by atoms with Crippen molar-refractivity contribution in [3.8, 4) is 11.1 Å². The topological polar surface area (TPSA) is 132 Å². The number of nitrogens with one attached hydrogen (secondary N) is 3. The molecular formula is C32H43N3O7. The summed E-state index contributed by atoms with van der Waals surface area (Å²) in [5.41, 5.74) is 3.54. The first kappa shape index (κ1) is 32.6. The van der Waals surface area contributed by atoms with E-state index in [9.17, 15) is 19.2 Å². The number of amides is 2. The van der Waals surface area contributed by atoms with E-state index in [1.165, 1.54) is 7.11 Å². The lowest BCUT2D eigenvalue weighted by Crippen LogP contribution is -2.46. The Bertz CT molecular complexity index is 1200. The lowest BCUT2D eigenvalue weighted by atomic mass is 9.98. The molecule has 1 aliphatic rings. The number of hydrogen-bond donors (Lipinski definition) is 3. The number of fused-ring (bicyclic) bond motifs is 3. The number of alkyl carbamates (subject to hydrolysis) is 1. The van der Waals surface area contributed by atoms with Gasteiger partial charge in [0.15, 0.2) is 0 Å². The van der Waals surface area contributed by atoms with E-state index in [1.54, 1.807) is 20.8 Å². The van der Waals surface area contributed by atoms with Gasteiger partial charge in [0.2, 0.25) is 5.91 Å². The molecule has 228 valence electrons. The van der Waals surface area contributed by atoms with Crippen LogP contribution in [0.1, 0.15) is 69.9 Å². The Labute approximate surface area is 247 Å². The molecule has 0 spiro atoms. The second-order valence-electron chi connectivity index (χ2n) is 11.3. The van der Waals surface area contributed by atoms with Gasteiger partial charge in [-0.05, 0) is 82.3 Å². The van der Waals surface area contributed by atoms with Gasteiger partial charge in [0, 0.05) is 12.3 Å². The summed E-state index contributed by atoms with van der Waals surface area (Å²) < 4.78 is 15.9. The number of ether oxygens (including phenoxy) is 3. The fourth-order valence-corrected chi connectivity index (χ4v) is 4.99. The minimum Gasteiger partial charge on any atom is -0.467 e. The minimum absolute atomic E-state index is 0.0431. The average molecular weight is 582 g/mol. The van der Waals surface area contributed by atoms with Crippen LogP contribution in [0.15, 0.2) is 48.5 Å². The molecule has 3 rings (SSSR count). The SMILES string of the molecule is CNCCCCC(NC(=O)CCC(NC(=O)OCC1c2ccccc2-c2ccccc21)C(=O)OC(C)(C)C)C(=O)OC. The number of unbranched alkanes of at least 4 members (excludes halogenated alkanes) is 1. The summed E-state index contributed by atoms with van der Waals surface area (Å²) in [7, 11) is 3.11. The Morgan fingerprint density at radius 1 is 0.833 bits per heavy atom. The quantitative estimate of drug-likeness (QED) is 0.173. The third kappa shape index (κ3) is 9.30. The molecule has 0 bridgehead atoms. The molecule has 0 radical (unpaired) electrons. The summed E-state index contributed by atoms with van der Waals surface area (Å²) in [5.74, 6) is -1.80.